The monoisotopic (exact) mass is 247 g/mol. The molecule has 2 nitrogen and oxygen atoms in total. The summed E-state index contributed by atoms with van der Waals surface area (Å²) < 4.78 is 5.73. The molecule has 0 fully saturated rings. The molecule has 0 amide bonds. The van der Waals surface area contributed by atoms with Crippen molar-refractivity contribution in [3.05, 3.63) is 52.2 Å². The molecule has 0 aliphatic heterocycles. The van der Waals surface area contributed by atoms with E-state index in [1.54, 1.807) is 11.3 Å². The van der Waals surface area contributed by atoms with Gasteiger partial charge in [-0.25, -0.2) is 0 Å². The Morgan fingerprint density at radius 3 is 2.82 bits per heavy atom. The highest BCUT2D eigenvalue weighted by Gasteiger charge is 2.13. The Balaban J connectivity index is 2.25. The number of benzene rings is 1. The highest BCUT2D eigenvalue weighted by molar-refractivity contribution is 7.08. The molecule has 0 aliphatic rings. The van der Waals surface area contributed by atoms with Crippen molar-refractivity contribution < 1.29 is 4.74 Å². The van der Waals surface area contributed by atoms with Crippen molar-refractivity contribution in [1.82, 2.24) is 0 Å². The summed E-state index contributed by atoms with van der Waals surface area (Å²) in [6.45, 7) is 2.83. The molecule has 0 bridgehead atoms. The maximum atomic E-state index is 6.26. The minimum atomic E-state index is -0.102. The Morgan fingerprint density at radius 2 is 2.12 bits per heavy atom. The molecule has 1 aromatic carbocycles. The van der Waals surface area contributed by atoms with Gasteiger partial charge in [0.05, 0.1) is 12.6 Å². The predicted molar refractivity (Wildman–Crippen MR) is 72.6 cm³/mol. The van der Waals surface area contributed by atoms with Crippen molar-refractivity contribution in [2.75, 3.05) is 6.61 Å². The van der Waals surface area contributed by atoms with Crippen LogP contribution in [0.3, 0.4) is 0 Å². The molecular weight excluding hydrogens is 230 g/mol. The molecule has 17 heavy (non-hydrogen) atoms. The molecule has 1 heterocycles. The minimum Gasteiger partial charge on any atom is -0.493 e. The van der Waals surface area contributed by atoms with Crippen LogP contribution in [0.2, 0.25) is 0 Å². The van der Waals surface area contributed by atoms with Crippen LogP contribution in [-0.2, 0) is 0 Å². The summed E-state index contributed by atoms with van der Waals surface area (Å²) in [7, 11) is 0. The van der Waals surface area contributed by atoms with Crippen molar-refractivity contribution in [3.8, 4) is 5.75 Å². The second-order valence-corrected chi connectivity index (χ2v) is 4.70. The van der Waals surface area contributed by atoms with Gasteiger partial charge in [0.2, 0.25) is 0 Å². The smallest absolute Gasteiger partial charge is 0.124 e. The third kappa shape index (κ3) is 2.87. The van der Waals surface area contributed by atoms with Gasteiger partial charge >= 0.3 is 0 Å². The molecule has 3 heteroatoms. The van der Waals surface area contributed by atoms with Crippen molar-refractivity contribution in [2.45, 2.75) is 19.4 Å². The second-order valence-electron chi connectivity index (χ2n) is 3.92. The SMILES string of the molecule is CCCOc1ccccc1C(N)c1ccsc1. The summed E-state index contributed by atoms with van der Waals surface area (Å²) >= 11 is 1.67. The van der Waals surface area contributed by atoms with E-state index < -0.39 is 0 Å². The number of thiophene rings is 1. The number of hydrogen-bond acceptors (Lipinski definition) is 3. The molecule has 1 atom stereocenters. The molecule has 2 N–H and O–H groups in total. The van der Waals surface area contributed by atoms with Gasteiger partial charge in [0.15, 0.2) is 0 Å². The molecule has 2 aromatic rings. The first-order chi connectivity index (χ1) is 8.33. The van der Waals surface area contributed by atoms with Crippen LogP contribution in [-0.4, -0.2) is 6.61 Å². The van der Waals surface area contributed by atoms with Gasteiger partial charge < -0.3 is 10.5 Å². The Hall–Kier alpha value is -1.32. The first kappa shape index (κ1) is 12.1. The van der Waals surface area contributed by atoms with E-state index >= 15 is 0 Å². The Kier molecular flexibility index (Phi) is 4.18. The van der Waals surface area contributed by atoms with E-state index in [1.165, 1.54) is 0 Å². The number of para-hydroxylation sites is 1. The third-order valence-electron chi connectivity index (χ3n) is 2.62. The van der Waals surface area contributed by atoms with Crippen LogP contribution in [0.25, 0.3) is 0 Å². The average molecular weight is 247 g/mol. The van der Waals surface area contributed by atoms with E-state index in [-0.39, 0.29) is 6.04 Å². The fraction of sp³-hybridized carbons (Fsp3) is 0.286. The van der Waals surface area contributed by atoms with E-state index in [2.05, 4.69) is 18.4 Å². The highest BCUT2D eigenvalue weighted by Crippen LogP contribution is 2.29. The van der Waals surface area contributed by atoms with E-state index in [0.717, 1.165) is 29.9 Å². The zero-order chi connectivity index (χ0) is 12.1. The number of ether oxygens (including phenoxy) is 1. The van der Waals surface area contributed by atoms with Crippen LogP contribution in [0.5, 0.6) is 5.75 Å². The lowest BCUT2D eigenvalue weighted by atomic mass is 10.0. The second kappa shape index (κ2) is 5.84. The Labute approximate surface area is 106 Å². The summed E-state index contributed by atoms with van der Waals surface area (Å²) in [6, 6.07) is 9.96. The van der Waals surface area contributed by atoms with Gasteiger partial charge in [-0.2, -0.15) is 11.3 Å². The molecule has 0 saturated carbocycles. The molecular formula is C14H17NOS. The summed E-state index contributed by atoms with van der Waals surface area (Å²) in [6.07, 6.45) is 1.00. The van der Waals surface area contributed by atoms with E-state index in [4.69, 9.17) is 10.5 Å². The molecule has 0 radical (unpaired) electrons. The normalized spacial score (nSPS) is 12.4. The minimum absolute atomic E-state index is 0.102. The van der Waals surface area contributed by atoms with Crippen LogP contribution in [0.15, 0.2) is 41.1 Å². The van der Waals surface area contributed by atoms with Crippen LogP contribution in [0.4, 0.5) is 0 Å². The van der Waals surface area contributed by atoms with Gasteiger partial charge in [-0.1, -0.05) is 25.1 Å². The predicted octanol–water partition coefficient (Wildman–Crippen LogP) is 3.59. The molecule has 2 rings (SSSR count). The lowest BCUT2D eigenvalue weighted by Crippen LogP contribution is -2.12. The summed E-state index contributed by atoms with van der Waals surface area (Å²) in [5, 5.41) is 4.13. The molecule has 0 spiro atoms. The summed E-state index contributed by atoms with van der Waals surface area (Å²) in [4.78, 5) is 0. The average Bonchev–Trinajstić information content (AvgIpc) is 2.89. The molecule has 0 saturated heterocycles. The number of nitrogens with two attached hydrogens (primary N) is 1. The van der Waals surface area contributed by atoms with Gasteiger partial charge in [-0.3, -0.25) is 0 Å². The van der Waals surface area contributed by atoms with E-state index in [1.807, 2.05) is 29.6 Å². The Bertz CT molecular complexity index is 453. The fourth-order valence-electron chi connectivity index (χ4n) is 1.71. The van der Waals surface area contributed by atoms with Crippen LogP contribution in [0.1, 0.15) is 30.5 Å². The van der Waals surface area contributed by atoms with Crippen molar-refractivity contribution in [1.29, 1.82) is 0 Å². The Morgan fingerprint density at radius 1 is 1.29 bits per heavy atom. The highest BCUT2D eigenvalue weighted by atomic mass is 32.1. The fourth-order valence-corrected chi connectivity index (χ4v) is 2.41. The zero-order valence-electron chi connectivity index (χ0n) is 9.93. The van der Waals surface area contributed by atoms with Crippen LogP contribution >= 0.6 is 11.3 Å². The van der Waals surface area contributed by atoms with Crippen molar-refractivity contribution in [2.24, 2.45) is 5.73 Å². The van der Waals surface area contributed by atoms with E-state index in [9.17, 15) is 0 Å². The van der Waals surface area contributed by atoms with Crippen molar-refractivity contribution in [3.63, 3.8) is 0 Å². The van der Waals surface area contributed by atoms with E-state index in [0.29, 0.717) is 0 Å². The van der Waals surface area contributed by atoms with Gasteiger partial charge in [-0.05, 0) is 34.9 Å². The maximum Gasteiger partial charge on any atom is 0.124 e. The quantitative estimate of drug-likeness (QED) is 0.876. The summed E-state index contributed by atoms with van der Waals surface area (Å²) in [5.41, 5.74) is 8.46. The largest absolute Gasteiger partial charge is 0.493 e. The lowest BCUT2D eigenvalue weighted by Gasteiger charge is -2.15. The van der Waals surface area contributed by atoms with Crippen LogP contribution in [0, 0.1) is 0 Å². The first-order valence-electron chi connectivity index (χ1n) is 5.82. The third-order valence-corrected chi connectivity index (χ3v) is 3.32. The molecule has 1 aromatic heterocycles. The van der Waals surface area contributed by atoms with Gasteiger partial charge in [0.25, 0.3) is 0 Å². The zero-order valence-corrected chi connectivity index (χ0v) is 10.7. The maximum absolute atomic E-state index is 6.26. The number of hydrogen-bond donors (Lipinski definition) is 1. The molecule has 90 valence electrons. The standard InChI is InChI=1S/C14H17NOS/c1-2-8-16-13-6-4-3-5-12(13)14(15)11-7-9-17-10-11/h3-7,9-10,14H,2,8,15H2,1H3. The van der Waals surface area contributed by atoms with Gasteiger partial charge in [0, 0.05) is 5.56 Å². The molecule has 0 aliphatic carbocycles. The first-order valence-corrected chi connectivity index (χ1v) is 6.76. The van der Waals surface area contributed by atoms with Crippen molar-refractivity contribution >= 4 is 11.3 Å². The topological polar surface area (TPSA) is 35.2 Å². The van der Waals surface area contributed by atoms with Gasteiger partial charge in [-0.15, -0.1) is 0 Å². The van der Waals surface area contributed by atoms with Gasteiger partial charge in [0.1, 0.15) is 5.75 Å². The van der Waals surface area contributed by atoms with Crippen LogP contribution < -0.4 is 10.5 Å². The number of rotatable bonds is 5. The lowest BCUT2D eigenvalue weighted by molar-refractivity contribution is 0.313. The summed E-state index contributed by atoms with van der Waals surface area (Å²) in [5.74, 6) is 0.896. The molecule has 1 unspecified atom stereocenters.